The van der Waals surface area contributed by atoms with E-state index in [0.29, 0.717) is 5.56 Å². The van der Waals surface area contributed by atoms with E-state index in [1.165, 1.54) is 24.6 Å². The van der Waals surface area contributed by atoms with Gasteiger partial charge in [0.2, 0.25) is 0 Å². The van der Waals surface area contributed by atoms with Gasteiger partial charge < -0.3 is 10.2 Å². The fraction of sp³-hybridized carbons (Fsp3) is 0.409. The monoisotopic (exact) mass is 353 g/mol. The molecular formula is C22H28FN3. The van der Waals surface area contributed by atoms with Crippen LogP contribution in [0.25, 0.3) is 5.57 Å². The number of allylic oxidation sites excluding steroid dienone is 4. The molecule has 3 nitrogen and oxygen atoms in total. The maximum atomic E-state index is 14.6. The molecule has 2 fully saturated rings. The lowest BCUT2D eigenvalue weighted by atomic mass is 9.91. The van der Waals surface area contributed by atoms with E-state index < -0.39 is 0 Å². The van der Waals surface area contributed by atoms with Crippen LogP contribution >= 0.6 is 0 Å². The number of aliphatic imine (C=N–C) groups is 1. The van der Waals surface area contributed by atoms with E-state index in [4.69, 9.17) is 0 Å². The average molecular weight is 353 g/mol. The molecule has 0 radical (unpaired) electrons. The Bertz CT molecular complexity index is 784. The number of halogens is 1. The maximum absolute atomic E-state index is 14.6. The van der Waals surface area contributed by atoms with Crippen LogP contribution in [0.5, 0.6) is 0 Å². The van der Waals surface area contributed by atoms with E-state index in [1.54, 1.807) is 12.3 Å². The summed E-state index contributed by atoms with van der Waals surface area (Å²) in [5.41, 5.74) is 4.76. The molecule has 3 rings (SSSR count). The van der Waals surface area contributed by atoms with Crippen LogP contribution in [0.15, 0.2) is 59.4 Å². The van der Waals surface area contributed by atoms with Crippen LogP contribution in [-0.4, -0.2) is 35.8 Å². The molecule has 0 amide bonds. The fourth-order valence-electron chi connectivity index (χ4n) is 4.06. The summed E-state index contributed by atoms with van der Waals surface area (Å²) in [6, 6.07) is 6.95. The molecule has 1 spiro atoms. The molecule has 1 aliphatic heterocycles. The van der Waals surface area contributed by atoms with Crippen molar-refractivity contribution in [2.75, 3.05) is 19.6 Å². The zero-order valence-corrected chi connectivity index (χ0v) is 16.0. The molecule has 1 N–H and O–H groups in total. The Balaban J connectivity index is 2.15. The minimum Gasteiger partial charge on any atom is -0.366 e. The summed E-state index contributed by atoms with van der Waals surface area (Å²) in [6.45, 7) is 12.8. The second kappa shape index (κ2) is 7.58. The van der Waals surface area contributed by atoms with Gasteiger partial charge >= 0.3 is 0 Å². The lowest BCUT2D eigenvalue weighted by Crippen LogP contribution is -2.52. The van der Waals surface area contributed by atoms with E-state index in [9.17, 15) is 4.39 Å². The quantitative estimate of drug-likeness (QED) is 0.621. The molecule has 1 aliphatic carbocycles. The van der Waals surface area contributed by atoms with Gasteiger partial charge in [0.05, 0.1) is 5.54 Å². The molecule has 1 saturated heterocycles. The zero-order valence-electron chi connectivity index (χ0n) is 16.0. The number of benzene rings is 1. The van der Waals surface area contributed by atoms with Gasteiger partial charge in [-0.15, -0.1) is 0 Å². The van der Waals surface area contributed by atoms with E-state index in [2.05, 4.69) is 28.7 Å². The van der Waals surface area contributed by atoms with Crippen molar-refractivity contribution in [3.8, 4) is 0 Å². The van der Waals surface area contributed by atoms with Gasteiger partial charge in [-0.1, -0.05) is 30.9 Å². The summed E-state index contributed by atoms with van der Waals surface area (Å²) < 4.78 is 14.6. The Morgan fingerprint density at radius 3 is 2.65 bits per heavy atom. The molecule has 0 atom stereocenters. The van der Waals surface area contributed by atoms with Crippen molar-refractivity contribution in [2.45, 2.75) is 39.2 Å². The lowest BCUT2D eigenvalue weighted by Gasteiger charge is -2.40. The number of hydrogen-bond acceptors (Lipinski definition) is 3. The Labute approximate surface area is 156 Å². The van der Waals surface area contributed by atoms with Crippen molar-refractivity contribution < 1.29 is 4.39 Å². The minimum atomic E-state index is -0.209. The van der Waals surface area contributed by atoms with Crippen molar-refractivity contribution in [2.24, 2.45) is 4.99 Å². The summed E-state index contributed by atoms with van der Waals surface area (Å²) >= 11 is 0. The van der Waals surface area contributed by atoms with Crippen molar-refractivity contribution in [1.29, 1.82) is 0 Å². The first kappa shape index (κ1) is 18.6. The van der Waals surface area contributed by atoms with Gasteiger partial charge in [-0.05, 0) is 45.3 Å². The van der Waals surface area contributed by atoms with Gasteiger partial charge in [-0.3, -0.25) is 4.99 Å². The molecule has 2 aliphatic rings. The van der Waals surface area contributed by atoms with Crippen LogP contribution < -0.4 is 5.32 Å². The number of rotatable bonds is 5. The van der Waals surface area contributed by atoms with Crippen molar-refractivity contribution in [1.82, 2.24) is 10.2 Å². The van der Waals surface area contributed by atoms with E-state index in [1.807, 2.05) is 32.1 Å². The number of nitrogens with one attached hydrogen (secondary N) is 1. The smallest absolute Gasteiger partial charge is 0.131 e. The van der Waals surface area contributed by atoms with Crippen molar-refractivity contribution in [3.63, 3.8) is 0 Å². The molecule has 1 aromatic rings. The van der Waals surface area contributed by atoms with Crippen molar-refractivity contribution >= 4 is 11.3 Å². The molecular weight excluding hydrogens is 325 g/mol. The second-order valence-corrected chi connectivity index (χ2v) is 7.09. The Kier molecular flexibility index (Phi) is 5.42. The summed E-state index contributed by atoms with van der Waals surface area (Å²) in [6.07, 6.45) is 5.95. The van der Waals surface area contributed by atoms with Crippen molar-refractivity contribution in [3.05, 3.63) is 65.8 Å². The molecule has 1 aromatic carbocycles. The topological polar surface area (TPSA) is 27.6 Å². The third-order valence-corrected chi connectivity index (χ3v) is 5.50. The van der Waals surface area contributed by atoms with Crippen LogP contribution in [0.4, 0.5) is 4.39 Å². The van der Waals surface area contributed by atoms with Gasteiger partial charge in [0.15, 0.2) is 0 Å². The third-order valence-electron chi connectivity index (χ3n) is 5.50. The highest BCUT2D eigenvalue weighted by molar-refractivity contribution is 6.12. The highest BCUT2D eigenvalue weighted by Gasteiger charge is 2.49. The number of nitrogens with zero attached hydrogens (tertiary/aromatic N) is 2. The molecule has 138 valence electrons. The normalized spacial score (nSPS) is 20.8. The maximum Gasteiger partial charge on any atom is 0.131 e. The molecule has 26 heavy (non-hydrogen) atoms. The first-order valence-corrected chi connectivity index (χ1v) is 9.30. The average Bonchev–Trinajstić information content (AvgIpc) is 3.40. The second-order valence-electron chi connectivity index (χ2n) is 7.09. The summed E-state index contributed by atoms with van der Waals surface area (Å²) in [5.74, 6) is -0.209. The lowest BCUT2D eigenvalue weighted by molar-refractivity contribution is 0.189. The first-order chi connectivity index (χ1) is 12.5. The first-order valence-electron chi connectivity index (χ1n) is 9.30. The minimum absolute atomic E-state index is 0.209. The predicted molar refractivity (Wildman–Crippen MR) is 108 cm³/mol. The highest BCUT2D eigenvalue weighted by atomic mass is 19.1. The summed E-state index contributed by atoms with van der Waals surface area (Å²) in [4.78, 5) is 6.96. The predicted octanol–water partition coefficient (Wildman–Crippen LogP) is 4.55. The summed E-state index contributed by atoms with van der Waals surface area (Å²) in [7, 11) is 0. The molecule has 0 unspecified atom stereocenters. The highest BCUT2D eigenvalue weighted by Crippen LogP contribution is 2.45. The van der Waals surface area contributed by atoms with Gasteiger partial charge in [-0.25, -0.2) is 4.39 Å². The number of piperazine rings is 1. The van der Waals surface area contributed by atoms with E-state index in [-0.39, 0.29) is 11.4 Å². The van der Waals surface area contributed by atoms with E-state index in [0.717, 1.165) is 36.5 Å². The molecule has 1 heterocycles. The van der Waals surface area contributed by atoms with Gasteiger partial charge in [0, 0.05) is 48.4 Å². The van der Waals surface area contributed by atoms with Gasteiger partial charge in [-0.2, -0.15) is 0 Å². The standard InChI is InChI=1S/C22H28FN3/c1-5-18(19-9-7-8-10-20(19)23)21(16(3)25-6-2)17(4)26-14-13-24-15-22(26)11-12-22/h5-10,24H,2,11-15H2,1,3-4H3/b18-5-,21-17-,25-16?. The Morgan fingerprint density at radius 1 is 1.31 bits per heavy atom. The van der Waals surface area contributed by atoms with Crippen LogP contribution in [0, 0.1) is 5.82 Å². The third kappa shape index (κ3) is 3.38. The van der Waals surface area contributed by atoms with Crippen LogP contribution in [-0.2, 0) is 0 Å². The zero-order chi connectivity index (χ0) is 18.7. The van der Waals surface area contributed by atoms with Crippen LogP contribution in [0.1, 0.15) is 39.2 Å². The Hall–Kier alpha value is -2.20. The molecule has 4 heteroatoms. The van der Waals surface area contributed by atoms with Gasteiger partial charge in [0.25, 0.3) is 0 Å². The summed E-state index contributed by atoms with van der Waals surface area (Å²) in [5, 5.41) is 3.51. The van der Waals surface area contributed by atoms with Crippen LogP contribution in [0.2, 0.25) is 0 Å². The molecule has 0 aromatic heterocycles. The number of hydrogen-bond donors (Lipinski definition) is 1. The van der Waals surface area contributed by atoms with E-state index >= 15 is 0 Å². The SMILES string of the molecule is C=CN=C(C)C(/C(=C\C)c1ccccc1F)=C(\C)N1CCNCC12CC2. The molecule has 0 bridgehead atoms. The van der Waals surface area contributed by atoms with Crippen LogP contribution in [0.3, 0.4) is 0 Å². The fourth-order valence-corrected chi connectivity index (χ4v) is 4.06. The Morgan fingerprint density at radius 2 is 2.04 bits per heavy atom. The van der Waals surface area contributed by atoms with Gasteiger partial charge in [0.1, 0.15) is 5.82 Å². The largest absolute Gasteiger partial charge is 0.366 e. The molecule has 1 saturated carbocycles.